The molecular weight excluding hydrogens is 271 g/mol. The van der Waals surface area contributed by atoms with Crippen LogP contribution < -0.4 is 10.6 Å². The van der Waals surface area contributed by atoms with Crippen LogP contribution in [0.25, 0.3) is 0 Å². The molecule has 0 spiro atoms. The summed E-state index contributed by atoms with van der Waals surface area (Å²) < 4.78 is 0. The largest absolute Gasteiger partial charge is 0.324 e. The summed E-state index contributed by atoms with van der Waals surface area (Å²) in [4.78, 5) is 12.0. The summed E-state index contributed by atoms with van der Waals surface area (Å²) in [5, 5.41) is 6.73. The zero-order valence-corrected chi connectivity index (χ0v) is 11.9. The van der Waals surface area contributed by atoms with Gasteiger partial charge in [-0.25, -0.2) is 0 Å². The summed E-state index contributed by atoms with van der Waals surface area (Å²) >= 11 is 6.05. The van der Waals surface area contributed by atoms with E-state index in [2.05, 4.69) is 10.6 Å². The number of nitrogens with one attached hydrogen (secondary N) is 2. The molecule has 1 aliphatic rings. The van der Waals surface area contributed by atoms with Crippen molar-refractivity contribution in [3.8, 4) is 0 Å². The molecule has 0 aromatic heterocycles. The minimum atomic E-state index is 0. The maximum atomic E-state index is 12.0. The van der Waals surface area contributed by atoms with Crippen molar-refractivity contribution in [2.45, 2.75) is 19.8 Å². The van der Waals surface area contributed by atoms with E-state index in [4.69, 9.17) is 11.6 Å². The normalized spacial score (nSPS) is 18.9. The average molecular weight is 289 g/mol. The molecule has 1 aromatic rings. The van der Waals surface area contributed by atoms with Crippen LogP contribution in [-0.4, -0.2) is 19.0 Å². The number of carbonyl (C=O) groups is 1. The molecule has 5 heteroatoms. The van der Waals surface area contributed by atoms with Gasteiger partial charge < -0.3 is 10.6 Å². The van der Waals surface area contributed by atoms with Crippen LogP contribution >= 0.6 is 24.0 Å². The van der Waals surface area contributed by atoms with Crippen molar-refractivity contribution in [1.29, 1.82) is 0 Å². The highest BCUT2D eigenvalue weighted by Gasteiger charge is 2.21. The van der Waals surface area contributed by atoms with Gasteiger partial charge in [-0.05, 0) is 44.0 Å². The molecule has 1 fully saturated rings. The van der Waals surface area contributed by atoms with Gasteiger partial charge in [0.25, 0.3) is 0 Å². The van der Waals surface area contributed by atoms with Crippen LogP contribution in [-0.2, 0) is 4.79 Å². The molecule has 0 aliphatic carbocycles. The molecule has 1 amide bonds. The zero-order valence-electron chi connectivity index (χ0n) is 10.3. The van der Waals surface area contributed by atoms with Crippen molar-refractivity contribution < 1.29 is 4.79 Å². The lowest BCUT2D eigenvalue weighted by molar-refractivity contribution is -0.120. The Bertz CT molecular complexity index is 417. The first-order valence-electron chi connectivity index (χ1n) is 5.94. The van der Waals surface area contributed by atoms with Gasteiger partial charge in [0, 0.05) is 6.54 Å². The highest BCUT2D eigenvalue weighted by molar-refractivity contribution is 6.33. The van der Waals surface area contributed by atoms with Crippen LogP contribution in [0.1, 0.15) is 18.4 Å². The standard InChI is InChI=1S/C13H17ClN2O.ClH/c1-9-4-5-11(14)12(7-9)16-13(17)10-3-2-6-15-8-10;/h4-5,7,10,15H,2-3,6,8H2,1H3,(H,16,17);1H. The lowest BCUT2D eigenvalue weighted by Crippen LogP contribution is -2.37. The van der Waals surface area contributed by atoms with E-state index >= 15 is 0 Å². The van der Waals surface area contributed by atoms with Crippen molar-refractivity contribution in [3.05, 3.63) is 28.8 Å². The number of carbonyl (C=O) groups excluding carboxylic acids is 1. The molecule has 1 saturated heterocycles. The molecule has 1 unspecified atom stereocenters. The van der Waals surface area contributed by atoms with Crippen LogP contribution in [0.4, 0.5) is 5.69 Å². The Morgan fingerprint density at radius 3 is 2.94 bits per heavy atom. The van der Waals surface area contributed by atoms with Gasteiger partial charge in [0.05, 0.1) is 16.6 Å². The Labute approximate surface area is 119 Å². The molecule has 3 nitrogen and oxygen atoms in total. The molecule has 18 heavy (non-hydrogen) atoms. The minimum Gasteiger partial charge on any atom is -0.324 e. The number of piperidine rings is 1. The minimum absolute atomic E-state index is 0. The van der Waals surface area contributed by atoms with E-state index in [0.717, 1.165) is 31.5 Å². The van der Waals surface area contributed by atoms with E-state index in [1.807, 2.05) is 25.1 Å². The first-order valence-corrected chi connectivity index (χ1v) is 6.32. The number of amides is 1. The number of halogens is 2. The molecule has 1 atom stereocenters. The molecule has 1 aliphatic heterocycles. The summed E-state index contributed by atoms with van der Waals surface area (Å²) in [6, 6.07) is 5.64. The molecule has 2 N–H and O–H groups in total. The monoisotopic (exact) mass is 288 g/mol. The second-order valence-electron chi connectivity index (χ2n) is 4.52. The van der Waals surface area contributed by atoms with Gasteiger partial charge in [-0.1, -0.05) is 17.7 Å². The van der Waals surface area contributed by atoms with Crippen LogP contribution in [0.15, 0.2) is 18.2 Å². The van der Waals surface area contributed by atoms with Gasteiger partial charge in [-0.2, -0.15) is 0 Å². The third-order valence-electron chi connectivity index (χ3n) is 3.05. The Morgan fingerprint density at radius 2 is 2.28 bits per heavy atom. The van der Waals surface area contributed by atoms with Crippen molar-refractivity contribution in [3.63, 3.8) is 0 Å². The number of aryl methyl sites for hydroxylation is 1. The second kappa shape index (κ2) is 6.98. The topological polar surface area (TPSA) is 41.1 Å². The van der Waals surface area contributed by atoms with Crippen molar-refractivity contribution >= 4 is 35.6 Å². The third-order valence-corrected chi connectivity index (χ3v) is 3.38. The number of benzene rings is 1. The van der Waals surface area contributed by atoms with Gasteiger partial charge >= 0.3 is 0 Å². The average Bonchev–Trinajstić information content (AvgIpc) is 2.35. The Morgan fingerprint density at radius 1 is 1.50 bits per heavy atom. The summed E-state index contributed by atoms with van der Waals surface area (Å²) in [6.07, 6.45) is 2.00. The lowest BCUT2D eigenvalue weighted by atomic mass is 9.99. The van der Waals surface area contributed by atoms with Crippen molar-refractivity contribution in [1.82, 2.24) is 5.32 Å². The first kappa shape index (κ1) is 15.3. The molecule has 0 saturated carbocycles. The lowest BCUT2D eigenvalue weighted by Gasteiger charge is -2.22. The fourth-order valence-corrected chi connectivity index (χ4v) is 2.21. The number of anilines is 1. The fourth-order valence-electron chi connectivity index (χ4n) is 2.05. The first-order chi connectivity index (χ1) is 8.16. The third kappa shape index (κ3) is 3.87. The van der Waals surface area contributed by atoms with E-state index < -0.39 is 0 Å². The van der Waals surface area contributed by atoms with E-state index in [0.29, 0.717) is 10.7 Å². The van der Waals surface area contributed by atoms with Gasteiger partial charge in [0.2, 0.25) is 5.91 Å². The van der Waals surface area contributed by atoms with Gasteiger partial charge in [0.1, 0.15) is 0 Å². The van der Waals surface area contributed by atoms with Gasteiger partial charge in [0.15, 0.2) is 0 Å². The van der Waals surface area contributed by atoms with Crippen LogP contribution in [0.5, 0.6) is 0 Å². The van der Waals surface area contributed by atoms with E-state index in [1.54, 1.807) is 0 Å². The molecule has 2 rings (SSSR count). The molecule has 1 aromatic carbocycles. The summed E-state index contributed by atoms with van der Waals surface area (Å²) in [6.45, 7) is 3.75. The van der Waals surface area contributed by atoms with Crippen LogP contribution in [0.3, 0.4) is 0 Å². The van der Waals surface area contributed by atoms with E-state index in [-0.39, 0.29) is 24.2 Å². The molecule has 1 heterocycles. The molecule has 0 radical (unpaired) electrons. The predicted octanol–water partition coefficient (Wildman–Crippen LogP) is 3.01. The highest BCUT2D eigenvalue weighted by Crippen LogP contribution is 2.24. The SMILES string of the molecule is Cc1ccc(Cl)c(NC(=O)C2CCCNC2)c1.Cl. The maximum absolute atomic E-state index is 12.0. The summed E-state index contributed by atoms with van der Waals surface area (Å²) in [7, 11) is 0. The second-order valence-corrected chi connectivity index (χ2v) is 4.92. The quantitative estimate of drug-likeness (QED) is 0.878. The van der Waals surface area contributed by atoms with Crippen LogP contribution in [0, 0.1) is 12.8 Å². The van der Waals surface area contributed by atoms with Gasteiger partial charge in [-0.3, -0.25) is 4.79 Å². The molecule has 100 valence electrons. The Balaban J connectivity index is 0.00000162. The van der Waals surface area contributed by atoms with E-state index in [9.17, 15) is 4.79 Å². The number of hydrogen-bond acceptors (Lipinski definition) is 2. The summed E-state index contributed by atoms with van der Waals surface area (Å²) in [5.41, 5.74) is 1.80. The Kier molecular flexibility index (Phi) is 5.93. The van der Waals surface area contributed by atoms with Crippen molar-refractivity contribution in [2.75, 3.05) is 18.4 Å². The zero-order chi connectivity index (χ0) is 12.3. The predicted molar refractivity (Wildman–Crippen MR) is 77.7 cm³/mol. The van der Waals surface area contributed by atoms with E-state index in [1.165, 1.54) is 0 Å². The fraction of sp³-hybridized carbons (Fsp3) is 0.462. The smallest absolute Gasteiger partial charge is 0.228 e. The summed E-state index contributed by atoms with van der Waals surface area (Å²) in [5.74, 6) is 0.116. The molecular formula is C13H18Cl2N2O. The molecule has 0 bridgehead atoms. The number of hydrogen-bond donors (Lipinski definition) is 2. The maximum Gasteiger partial charge on any atom is 0.228 e. The highest BCUT2D eigenvalue weighted by atomic mass is 35.5. The van der Waals surface area contributed by atoms with Gasteiger partial charge in [-0.15, -0.1) is 12.4 Å². The number of rotatable bonds is 2. The Hall–Kier alpha value is -0.770. The van der Waals surface area contributed by atoms with Crippen LogP contribution in [0.2, 0.25) is 5.02 Å². The van der Waals surface area contributed by atoms with Crippen molar-refractivity contribution in [2.24, 2.45) is 5.92 Å².